The Morgan fingerprint density at radius 2 is 2.00 bits per heavy atom. The number of hydrogen-bond acceptors (Lipinski definition) is 5. The molecular weight excluding hydrogens is 328 g/mol. The average molecular weight is 344 g/mol. The zero-order valence-corrected chi connectivity index (χ0v) is 14.1. The van der Waals surface area contributed by atoms with Crippen LogP contribution < -0.4 is 15.2 Å². The normalized spacial score (nSPS) is 15.8. The van der Waals surface area contributed by atoms with Gasteiger partial charge in [-0.2, -0.15) is 10.2 Å². The number of nitrogens with zero attached hydrogens (tertiary/aromatic N) is 2. The van der Waals surface area contributed by atoms with E-state index in [9.17, 15) is 5.26 Å². The molecule has 0 saturated carbocycles. The van der Waals surface area contributed by atoms with Gasteiger partial charge in [-0.3, -0.25) is 0 Å². The maximum Gasteiger partial charge on any atom is 0.243 e. The zero-order chi connectivity index (χ0) is 18.1. The fraction of sp³-hybridized carbons (Fsp3) is 0.100. The van der Waals surface area contributed by atoms with Crippen LogP contribution in [0.2, 0.25) is 0 Å². The molecule has 0 radical (unpaired) electrons. The number of nitriles is 1. The Kier molecular flexibility index (Phi) is 3.82. The zero-order valence-electron chi connectivity index (χ0n) is 14.1. The van der Waals surface area contributed by atoms with Gasteiger partial charge in [0.25, 0.3) is 0 Å². The van der Waals surface area contributed by atoms with Crippen molar-refractivity contribution in [1.29, 1.82) is 5.26 Å². The molecule has 0 amide bonds. The van der Waals surface area contributed by atoms with Gasteiger partial charge in [-0.1, -0.05) is 42.5 Å². The lowest BCUT2D eigenvalue weighted by atomic mass is 9.88. The van der Waals surface area contributed by atoms with Crippen molar-refractivity contribution in [2.45, 2.75) is 5.92 Å². The summed E-state index contributed by atoms with van der Waals surface area (Å²) in [6.45, 7) is 0. The van der Waals surface area contributed by atoms with Gasteiger partial charge in [0.1, 0.15) is 23.2 Å². The van der Waals surface area contributed by atoms with Gasteiger partial charge >= 0.3 is 0 Å². The van der Waals surface area contributed by atoms with Crippen LogP contribution >= 0.6 is 0 Å². The molecule has 1 aromatic heterocycles. The van der Waals surface area contributed by atoms with Gasteiger partial charge < -0.3 is 20.2 Å². The standard InChI is InChI=1S/C20H16N4O2/c1-25-14-9-5-8-13(10-14)16-15(11-21)18(22)26-20-17(16)23-19(24-20)12-6-3-2-4-7-12/h2-10,16H,22H2,1H3,(H,23,24). The smallest absolute Gasteiger partial charge is 0.243 e. The molecule has 1 atom stereocenters. The Balaban J connectivity index is 1.87. The van der Waals surface area contributed by atoms with Crippen molar-refractivity contribution in [1.82, 2.24) is 9.97 Å². The van der Waals surface area contributed by atoms with E-state index in [1.54, 1.807) is 7.11 Å². The molecule has 3 N–H and O–H groups in total. The highest BCUT2D eigenvalue weighted by Crippen LogP contribution is 2.42. The quantitative estimate of drug-likeness (QED) is 0.760. The number of fused-ring (bicyclic) bond motifs is 1. The van der Waals surface area contributed by atoms with Crippen molar-refractivity contribution in [2.24, 2.45) is 5.73 Å². The van der Waals surface area contributed by atoms with Crippen LogP contribution in [0.5, 0.6) is 11.6 Å². The van der Waals surface area contributed by atoms with Crippen LogP contribution in [0.4, 0.5) is 0 Å². The number of ether oxygens (including phenoxy) is 2. The first-order valence-electron chi connectivity index (χ1n) is 8.08. The molecule has 4 rings (SSSR count). The minimum atomic E-state index is -0.399. The molecule has 1 unspecified atom stereocenters. The fourth-order valence-corrected chi connectivity index (χ4v) is 3.10. The van der Waals surface area contributed by atoms with Crippen LogP contribution in [0.25, 0.3) is 11.4 Å². The number of methoxy groups -OCH3 is 1. The lowest BCUT2D eigenvalue weighted by Crippen LogP contribution is -2.21. The van der Waals surface area contributed by atoms with Crippen molar-refractivity contribution in [3.63, 3.8) is 0 Å². The second-order valence-electron chi connectivity index (χ2n) is 5.87. The first-order chi connectivity index (χ1) is 12.7. The van der Waals surface area contributed by atoms with E-state index in [2.05, 4.69) is 16.0 Å². The highest BCUT2D eigenvalue weighted by atomic mass is 16.5. The van der Waals surface area contributed by atoms with Crippen molar-refractivity contribution >= 4 is 0 Å². The largest absolute Gasteiger partial charge is 0.497 e. The fourth-order valence-electron chi connectivity index (χ4n) is 3.10. The number of benzene rings is 2. The summed E-state index contributed by atoms with van der Waals surface area (Å²) in [6.07, 6.45) is 0. The molecule has 1 aliphatic rings. The predicted octanol–water partition coefficient (Wildman–Crippen LogP) is 3.30. The molecule has 0 aliphatic carbocycles. The predicted molar refractivity (Wildman–Crippen MR) is 96.3 cm³/mol. The molecule has 128 valence electrons. The first-order valence-corrected chi connectivity index (χ1v) is 8.08. The molecule has 3 aromatic rings. The molecule has 1 aliphatic heterocycles. The number of nitrogens with two attached hydrogens (primary N) is 1. The Morgan fingerprint density at radius 3 is 2.73 bits per heavy atom. The average Bonchev–Trinajstić information content (AvgIpc) is 3.11. The van der Waals surface area contributed by atoms with Gasteiger partial charge in [-0.25, -0.2) is 0 Å². The first kappa shape index (κ1) is 15.8. The second-order valence-corrected chi connectivity index (χ2v) is 5.87. The summed E-state index contributed by atoms with van der Waals surface area (Å²) in [5.74, 6) is 1.42. The number of nitrogens with one attached hydrogen (secondary N) is 1. The summed E-state index contributed by atoms with van der Waals surface area (Å²) >= 11 is 0. The van der Waals surface area contributed by atoms with E-state index in [-0.39, 0.29) is 5.88 Å². The van der Waals surface area contributed by atoms with Gasteiger partial charge in [-0.05, 0) is 17.7 Å². The molecule has 2 aromatic carbocycles. The highest BCUT2D eigenvalue weighted by molar-refractivity contribution is 5.60. The van der Waals surface area contributed by atoms with Crippen LogP contribution in [0.1, 0.15) is 17.2 Å². The van der Waals surface area contributed by atoms with Crippen molar-refractivity contribution in [2.75, 3.05) is 7.11 Å². The summed E-state index contributed by atoms with van der Waals surface area (Å²) in [6, 6.07) is 19.4. The maximum atomic E-state index is 9.64. The van der Waals surface area contributed by atoms with E-state index in [0.717, 1.165) is 11.1 Å². The summed E-state index contributed by atoms with van der Waals surface area (Å²) < 4.78 is 10.9. The van der Waals surface area contributed by atoms with Gasteiger partial charge in [0.2, 0.25) is 11.8 Å². The van der Waals surface area contributed by atoms with Gasteiger partial charge in [0, 0.05) is 5.56 Å². The minimum Gasteiger partial charge on any atom is -0.497 e. The Labute approximate surface area is 150 Å². The Hall–Kier alpha value is -3.72. The number of rotatable bonds is 3. The Morgan fingerprint density at radius 1 is 1.19 bits per heavy atom. The molecule has 0 bridgehead atoms. The molecule has 26 heavy (non-hydrogen) atoms. The second kappa shape index (κ2) is 6.30. The monoisotopic (exact) mass is 344 g/mol. The molecular formula is C20H16N4O2. The molecule has 6 nitrogen and oxygen atoms in total. The number of hydrogen-bond donors (Lipinski definition) is 2. The summed E-state index contributed by atoms with van der Waals surface area (Å²) in [4.78, 5) is 7.83. The van der Waals surface area contributed by atoms with Gasteiger partial charge in [0.05, 0.1) is 18.7 Å². The van der Waals surface area contributed by atoms with E-state index in [0.29, 0.717) is 28.7 Å². The minimum absolute atomic E-state index is 0.0685. The summed E-state index contributed by atoms with van der Waals surface area (Å²) in [7, 11) is 1.60. The molecule has 0 spiro atoms. The van der Waals surface area contributed by atoms with E-state index >= 15 is 0 Å². The number of H-pyrrole nitrogens is 1. The number of allylic oxidation sites excluding steroid dienone is 1. The van der Waals surface area contributed by atoms with Crippen LogP contribution in [-0.4, -0.2) is 17.1 Å². The van der Waals surface area contributed by atoms with E-state index in [1.165, 1.54) is 0 Å². The van der Waals surface area contributed by atoms with Crippen LogP contribution in [0.15, 0.2) is 66.1 Å². The number of imidazole rings is 1. The third kappa shape index (κ3) is 2.56. The number of aromatic nitrogens is 2. The van der Waals surface area contributed by atoms with E-state index < -0.39 is 5.92 Å². The van der Waals surface area contributed by atoms with Crippen molar-refractivity contribution < 1.29 is 9.47 Å². The number of aromatic amines is 1. The lowest BCUT2D eigenvalue weighted by molar-refractivity contribution is 0.379. The lowest BCUT2D eigenvalue weighted by Gasteiger charge is -2.22. The third-order valence-electron chi connectivity index (χ3n) is 4.34. The topological polar surface area (TPSA) is 96.9 Å². The van der Waals surface area contributed by atoms with E-state index in [1.807, 2.05) is 54.6 Å². The van der Waals surface area contributed by atoms with Crippen LogP contribution in [0.3, 0.4) is 0 Å². The summed E-state index contributed by atoms with van der Waals surface area (Å²) in [5.41, 5.74) is 8.83. The third-order valence-corrected chi connectivity index (χ3v) is 4.34. The van der Waals surface area contributed by atoms with Crippen molar-refractivity contribution in [3.8, 4) is 29.1 Å². The summed E-state index contributed by atoms with van der Waals surface area (Å²) in [5, 5.41) is 9.64. The maximum absolute atomic E-state index is 9.64. The molecule has 0 fully saturated rings. The highest BCUT2D eigenvalue weighted by Gasteiger charge is 2.34. The van der Waals surface area contributed by atoms with Gasteiger partial charge in [-0.15, -0.1) is 0 Å². The van der Waals surface area contributed by atoms with Gasteiger partial charge in [0.15, 0.2) is 0 Å². The molecule has 6 heteroatoms. The van der Waals surface area contributed by atoms with Crippen LogP contribution in [0, 0.1) is 11.3 Å². The van der Waals surface area contributed by atoms with E-state index in [4.69, 9.17) is 15.2 Å². The molecule has 2 heterocycles. The molecule has 0 saturated heterocycles. The van der Waals surface area contributed by atoms with Crippen molar-refractivity contribution in [3.05, 3.63) is 77.3 Å². The van der Waals surface area contributed by atoms with Crippen LogP contribution in [-0.2, 0) is 0 Å². The SMILES string of the molecule is COc1cccc(C2C(C#N)=C(N)Oc3nc(-c4ccccc4)[nH]c32)c1. The Bertz CT molecular complexity index is 1030.